The first-order valence-corrected chi connectivity index (χ1v) is 8.24. The summed E-state index contributed by atoms with van der Waals surface area (Å²) in [6.45, 7) is 0.360. The van der Waals surface area contributed by atoms with Gasteiger partial charge in [0.25, 0.3) is 0 Å². The van der Waals surface area contributed by atoms with Gasteiger partial charge in [-0.3, -0.25) is 0 Å². The summed E-state index contributed by atoms with van der Waals surface area (Å²) in [6.07, 6.45) is 6.56. The molecule has 0 spiro atoms. The molecule has 0 bridgehead atoms. The second-order valence-corrected chi connectivity index (χ2v) is 6.12. The van der Waals surface area contributed by atoms with Crippen molar-refractivity contribution in [2.75, 3.05) is 11.4 Å². The molecule has 1 fully saturated rings. The molecule has 2 aromatic heterocycles. The van der Waals surface area contributed by atoms with Crippen molar-refractivity contribution in [3.63, 3.8) is 0 Å². The van der Waals surface area contributed by atoms with E-state index >= 15 is 0 Å². The fourth-order valence-corrected chi connectivity index (χ4v) is 2.77. The second-order valence-electron chi connectivity index (χ2n) is 6.12. The summed E-state index contributed by atoms with van der Waals surface area (Å²) >= 11 is 0. The zero-order chi connectivity index (χ0) is 17.2. The number of hydrogen-bond donors (Lipinski definition) is 1. The molecule has 1 aliphatic carbocycles. The lowest BCUT2D eigenvalue weighted by Gasteiger charge is -2.25. The average Bonchev–Trinajstić information content (AvgIpc) is 3.33. The number of aliphatic hydroxyl groups is 1. The molecule has 1 aliphatic rings. The van der Waals surface area contributed by atoms with Crippen molar-refractivity contribution < 1.29 is 9.50 Å². The predicted octanol–water partition coefficient (Wildman–Crippen LogP) is 2.50. The largest absolute Gasteiger partial charge is 0.387 e. The van der Waals surface area contributed by atoms with E-state index in [9.17, 15) is 9.50 Å². The number of nitrogens with zero attached hydrogens (tertiary/aromatic N) is 5. The van der Waals surface area contributed by atoms with Gasteiger partial charge in [0, 0.05) is 30.7 Å². The van der Waals surface area contributed by atoms with Crippen molar-refractivity contribution in [1.29, 1.82) is 0 Å². The Balaban J connectivity index is 1.57. The van der Waals surface area contributed by atoms with Crippen LogP contribution in [0.25, 0.3) is 5.82 Å². The Kier molecular flexibility index (Phi) is 4.15. The lowest BCUT2D eigenvalue weighted by atomic mass is 10.1. The SMILES string of the molecule is O[C@@H](CN(c1nccc(-n2cccn2)n1)C1CC1)c1ccc(F)cc1. The summed E-state index contributed by atoms with van der Waals surface area (Å²) in [5.74, 6) is 0.929. The Bertz CT molecular complexity index is 833. The van der Waals surface area contributed by atoms with E-state index < -0.39 is 6.10 Å². The highest BCUT2D eigenvalue weighted by Crippen LogP contribution is 2.31. The number of rotatable bonds is 6. The molecule has 1 saturated carbocycles. The van der Waals surface area contributed by atoms with Gasteiger partial charge in [-0.2, -0.15) is 10.1 Å². The van der Waals surface area contributed by atoms with Gasteiger partial charge in [-0.1, -0.05) is 12.1 Å². The first-order chi connectivity index (χ1) is 12.2. The van der Waals surface area contributed by atoms with Crippen molar-refractivity contribution >= 4 is 5.95 Å². The maximum absolute atomic E-state index is 13.1. The summed E-state index contributed by atoms with van der Waals surface area (Å²) in [5, 5.41) is 14.7. The van der Waals surface area contributed by atoms with Gasteiger partial charge >= 0.3 is 0 Å². The Labute approximate surface area is 144 Å². The molecule has 3 aromatic rings. The lowest BCUT2D eigenvalue weighted by Crippen LogP contribution is -2.32. The first-order valence-electron chi connectivity index (χ1n) is 8.24. The minimum absolute atomic E-state index is 0.315. The van der Waals surface area contributed by atoms with Crippen LogP contribution in [0.2, 0.25) is 0 Å². The quantitative estimate of drug-likeness (QED) is 0.747. The van der Waals surface area contributed by atoms with Gasteiger partial charge < -0.3 is 10.0 Å². The van der Waals surface area contributed by atoms with Gasteiger partial charge in [0.1, 0.15) is 5.82 Å². The van der Waals surface area contributed by atoms with Gasteiger partial charge in [-0.15, -0.1) is 0 Å². The average molecular weight is 339 g/mol. The lowest BCUT2D eigenvalue weighted by molar-refractivity contribution is 0.182. The van der Waals surface area contributed by atoms with E-state index in [0.717, 1.165) is 12.8 Å². The standard InChI is InChI=1S/C18H18FN5O/c19-14-4-2-13(3-5-14)16(25)12-23(15-6-7-15)18-20-10-8-17(22-18)24-11-1-9-21-24/h1-5,8-11,15-16,25H,6-7,12H2/t16-/m0/s1. The van der Waals surface area contributed by atoms with Crippen LogP contribution in [-0.4, -0.2) is 37.4 Å². The van der Waals surface area contributed by atoms with E-state index in [-0.39, 0.29) is 5.82 Å². The summed E-state index contributed by atoms with van der Waals surface area (Å²) in [5.41, 5.74) is 0.676. The van der Waals surface area contributed by atoms with Crippen LogP contribution in [0.1, 0.15) is 24.5 Å². The molecule has 0 unspecified atom stereocenters. The molecule has 0 aliphatic heterocycles. The number of hydrogen-bond acceptors (Lipinski definition) is 5. The van der Waals surface area contributed by atoms with Crippen LogP contribution < -0.4 is 4.90 Å². The van der Waals surface area contributed by atoms with E-state index in [2.05, 4.69) is 15.1 Å². The zero-order valence-corrected chi connectivity index (χ0v) is 13.5. The molecule has 4 rings (SSSR count). The highest BCUT2D eigenvalue weighted by Gasteiger charge is 2.32. The van der Waals surface area contributed by atoms with Crippen LogP contribution >= 0.6 is 0 Å². The van der Waals surface area contributed by atoms with Crippen molar-refractivity contribution in [3.05, 3.63) is 66.4 Å². The Morgan fingerprint density at radius 3 is 2.68 bits per heavy atom. The van der Waals surface area contributed by atoms with Gasteiger partial charge in [-0.05, 0) is 36.6 Å². The van der Waals surface area contributed by atoms with Gasteiger partial charge in [-0.25, -0.2) is 14.1 Å². The fraction of sp³-hybridized carbons (Fsp3) is 0.278. The molecule has 6 nitrogen and oxygen atoms in total. The predicted molar refractivity (Wildman–Crippen MR) is 90.9 cm³/mol. The van der Waals surface area contributed by atoms with E-state index in [0.29, 0.717) is 29.9 Å². The Morgan fingerprint density at radius 1 is 1.20 bits per heavy atom. The molecule has 2 heterocycles. The summed E-state index contributed by atoms with van der Waals surface area (Å²) in [6, 6.07) is 9.86. The van der Waals surface area contributed by atoms with Crippen LogP contribution in [0.4, 0.5) is 10.3 Å². The van der Waals surface area contributed by atoms with Crippen molar-refractivity contribution in [3.8, 4) is 5.82 Å². The van der Waals surface area contributed by atoms with Crippen LogP contribution in [-0.2, 0) is 0 Å². The van der Waals surface area contributed by atoms with Crippen LogP contribution in [0.5, 0.6) is 0 Å². The topological polar surface area (TPSA) is 67.1 Å². The number of benzene rings is 1. The third-order valence-electron chi connectivity index (χ3n) is 4.24. The number of aromatic nitrogens is 4. The molecular weight excluding hydrogens is 321 g/mol. The number of anilines is 1. The number of aliphatic hydroxyl groups excluding tert-OH is 1. The molecule has 7 heteroatoms. The van der Waals surface area contributed by atoms with Crippen molar-refractivity contribution in [1.82, 2.24) is 19.7 Å². The maximum Gasteiger partial charge on any atom is 0.227 e. The third-order valence-corrected chi connectivity index (χ3v) is 4.24. The van der Waals surface area contributed by atoms with Crippen LogP contribution in [0, 0.1) is 5.82 Å². The van der Waals surface area contributed by atoms with E-state index in [1.54, 1.807) is 35.3 Å². The minimum atomic E-state index is -0.738. The molecular formula is C18H18FN5O. The normalized spacial score (nSPS) is 15.1. The molecule has 0 amide bonds. The summed E-state index contributed by atoms with van der Waals surface area (Å²) in [7, 11) is 0. The molecule has 1 atom stereocenters. The fourth-order valence-electron chi connectivity index (χ4n) is 2.77. The summed E-state index contributed by atoms with van der Waals surface area (Å²) in [4.78, 5) is 11.0. The van der Waals surface area contributed by atoms with Gasteiger partial charge in [0.15, 0.2) is 5.82 Å². The molecule has 1 aromatic carbocycles. The van der Waals surface area contributed by atoms with Gasteiger partial charge in [0.05, 0.1) is 12.6 Å². The third kappa shape index (κ3) is 3.51. The first kappa shape index (κ1) is 15.7. The minimum Gasteiger partial charge on any atom is -0.387 e. The smallest absolute Gasteiger partial charge is 0.227 e. The monoisotopic (exact) mass is 339 g/mol. The van der Waals surface area contributed by atoms with Gasteiger partial charge in [0.2, 0.25) is 5.95 Å². The second kappa shape index (κ2) is 6.60. The highest BCUT2D eigenvalue weighted by molar-refractivity contribution is 5.38. The van der Waals surface area contributed by atoms with E-state index in [4.69, 9.17) is 0 Å². The Morgan fingerprint density at radius 2 is 2.00 bits per heavy atom. The van der Waals surface area contributed by atoms with Crippen LogP contribution in [0.15, 0.2) is 55.0 Å². The molecule has 25 heavy (non-hydrogen) atoms. The summed E-state index contributed by atoms with van der Waals surface area (Å²) < 4.78 is 14.7. The number of halogens is 1. The molecule has 0 radical (unpaired) electrons. The van der Waals surface area contributed by atoms with Crippen molar-refractivity contribution in [2.45, 2.75) is 25.0 Å². The highest BCUT2D eigenvalue weighted by atomic mass is 19.1. The molecule has 128 valence electrons. The zero-order valence-electron chi connectivity index (χ0n) is 13.5. The maximum atomic E-state index is 13.1. The van der Waals surface area contributed by atoms with E-state index in [1.165, 1.54) is 12.1 Å². The van der Waals surface area contributed by atoms with Crippen molar-refractivity contribution in [2.24, 2.45) is 0 Å². The van der Waals surface area contributed by atoms with Crippen LogP contribution in [0.3, 0.4) is 0 Å². The Hall–Kier alpha value is -2.80. The van der Waals surface area contributed by atoms with E-state index in [1.807, 2.05) is 17.2 Å². The molecule has 1 N–H and O–H groups in total. The molecule has 0 saturated heterocycles.